The number of aliphatic hydroxyl groups excluding tert-OH is 1. The quantitative estimate of drug-likeness (QED) is 0.272. The predicted molar refractivity (Wildman–Crippen MR) is 118 cm³/mol. The molecule has 1 atom stereocenters. The van der Waals surface area contributed by atoms with Crippen LogP contribution < -0.4 is 11.1 Å². The summed E-state index contributed by atoms with van der Waals surface area (Å²) in [5.74, 6) is -2.78. The second-order valence-corrected chi connectivity index (χ2v) is 7.40. The number of H-pyrrole nitrogens is 1. The number of nitrogens with one attached hydrogen (secondary N) is 2. The molecule has 0 aliphatic heterocycles. The van der Waals surface area contributed by atoms with Crippen LogP contribution in [-0.2, 0) is 4.79 Å². The van der Waals surface area contributed by atoms with E-state index < -0.39 is 24.2 Å². The molecule has 0 fully saturated rings. The predicted octanol–water partition coefficient (Wildman–Crippen LogP) is 2.48. The summed E-state index contributed by atoms with van der Waals surface area (Å²) in [5.41, 5.74) is 7.99. The van der Waals surface area contributed by atoms with Crippen LogP contribution in [0.1, 0.15) is 22.2 Å². The molecular formula is C20H17ClF3N7O4. The fourth-order valence-electron chi connectivity index (χ4n) is 2.75. The molecule has 4 rings (SSSR count). The summed E-state index contributed by atoms with van der Waals surface area (Å²) in [6.07, 6.45) is -4.44. The van der Waals surface area contributed by atoms with Gasteiger partial charge in [-0.2, -0.15) is 18.3 Å². The number of halogens is 4. The van der Waals surface area contributed by atoms with Crippen molar-refractivity contribution in [3.05, 3.63) is 64.9 Å². The molecule has 1 unspecified atom stereocenters. The van der Waals surface area contributed by atoms with Gasteiger partial charge in [0.2, 0.25) is 0 Å². The minimum absolute atomic E-state index is 0.0344. The van der Waals surface area contributed by atoms with Crippen LogP contribution in [0.3, 0.4) is 0 Å². The molecule has 0 aliphatic carbocycles. The molecule has 0 spiro atoms. The van der Waals surface area contributed by atoms with E-state index in [1.54, 1.807) is 36.4 Å². The fraction of sp³-hybridized carbons (Fsp3) is 0.150. The SMILES string of the molecule is Nc1n[nH]c2cc(-n3cc(C(=O)NCC(O)c4ccc(Cl)cc4)nn3)ccc12.O=C(O)C(F)(F)F. The Hall–Kier alpha value is -4.17. The zero-order valence-electron chi connectivity index (χ0n) is 17.5. The Morgan fingerprint density at radius 3 is 2.49 bits per heavy atom. The van der Waals surface area contributed by atoms with E-state index in [-0.39, 0.29) is 12.2 Å². The van der Waals surface area contributed by atoms with Crippen molar-refractivity contribution >= 4 is 40.2 Å². The van der Waals surface area contributed by atoms with Gasteiger partial charge in [-0.05, 0) is 35.9 Å². The van der Waals surface area contributed by atoms with E-state index in [0.717, 1.165) is 10.9 Å². The van der Waals surface area contributed by atoms with Gasteiger partial charge >= 0.3 is 12.1 Å². The molecule has 4 aromatic rings. The number of nitrogen functional groups attached to an aromatic ring is 1. The van der Waals surface area contributed by atoms with Crippen LogP contribution in [0.25, 0.3) is 16.6 Å². The maximum atomic E-state index is 12.3. The fourth-order valence-corrected chi connectivity index (χ4v) is 2.87. The lowest BCUT2D eigenvalue weighted by atomic mass is 10.1. The summed E-state index contributed by atoms with van der Waals surface area (Å²) in [4.78, 5) is 21.2. The van der Waals surface area contributed by atoms with Crippen molar-refractivity contribution in [2.45, 2.75) is 12.3 Å². The Kier molecular flexibility index (Phi) is 7.56. The Balaban J connectivity index is 0.000000429. The number of hydrogen-bond donors (Lipinski definition) is 5. The van der Waals surface area contributed by atoms with E-state index in [0.29, 0.717) is 22.1 Å². The third-order valence-electron chi connectivity index (χ3n) is 4.52. The second kappa shape index (κ2) is 10.4. The standard InChI is InChI=1S/C18H16ClN7O2.C2HF3O2/c19-11-3-1-10(2-4-11)16(27)8-21-18(28)15-9-26(25-23-15)12-5-6-13-14(7-12)22-24-17(13)20;3-2(4,5)1(6)7/h1-7,9,16,27H,8H2,(H,21,28)(H3,20,22,24);(H,6,7). The highest BCUT2D eigenvalue weighted by Gasteiger charge is 2.38. The number of benzene rings is 2. The monoisotopic (exact) mass is 511 g/mol. The van der Waals surface area contributed by atoms with Gasteiger partial charge in [0, 0.05) is 17.0 Å². The van der Waals surface area contributed by atoms with Gasteiger partial charge in [-0.25, -0.2) is 9.48 Å². The highest BCUT2D eigenvalue weighted by Crippen LogP contribution is 2.21. The molecule has 2 heterocycles. The molecular weight excluding hydrogens is 495 g/mol. The molecule has 0 saturated heterocycles. The van der Waals surface area contributed by atoms with Gasteiger partial charge in [-0.3, -0.25) is 9.89 Å². The normalized spacial score (nSPS) is 12.0. The number of anilines is 1. The Bertz CT molecular complexity index is 1340. The van der Waals surface area contributed by atoms with E-state index in [1.165, 1.54) is 10.9 Å². The largest absolute Gasteiger partial charge is 0.490 e. The molecule has 2 aromatic carbocycles. The minimum atomic E-state index is -5.08. The number of amides is 1. The van der Waals surface area contributed by atoms with Crippen LogP contribution in [0.2, 0.25) is 5.02 Å². The number of aromatic nitrogens is 5. The average Bonchev–Trinajstić information content (AvgIpc) is 3.45. The third-order valence-corrected chi connectivity index (χ3v) is 4.77. The Morgan fingerprint density at radius 1 is 1.20 bits per heavy atom. The topological polar surface area (TPSA) is 172 Å². The highest BCUT2D eigenvalue weighted by molar-refractivity contribution is 6.30. The number of carbonyl (C=O) groups is 2. The lowest BCUT2D eigenvalue weighted by Crippen LogP contribution is -2.28. The molecule has 0 radical (unpaired) electrons. The van der Waals surface area contributed by atoms with Crippen molar-refractivity contribution in [2.75, 3.05) is 12.3 Å². The number of alkyl halides is 3. The van der Waals surface area contributed by atoms with Crippen molar-refractivity contribution < 1.29 is 33.0 Å². The molecule has 1 amide bonds. The molecule has 0 aliphatic rings. The first kappa shape index (κ1) is 25.5. The van der Waals surface area contributed by atoms with E-state index in [4.69, 9.17) is 27.2 Å². The minimum Gasteiger partial charge on any atom is -0.475 e. The number of nitrogens with two attached hydrogens (primary N) is 1. The van der Waals surface area contributed by atoms with Gasteiger partial charge < -0.3 is 21.3 Å². The van der Waals surface area contributed by atoms with Gasteiger partial charge in [0.15, 0.2) is 11.5 Å². The van der Waals surface area contributed by atoms with Crippen LogP contribution in [-0.4, -0.2) is 60.0 Å². The molecule has 0 saturated carbocycles. The van der Waals surface area contributed by atoms with Crippen molar-refractivity contribution in [3.8, 4) is 5.69 Å². The molecule has 6 N–H and O–H groups in total. The molecule has 11 nitrogen and oxygen atoms in total. The van der Waals surface area contributed by atoms with E-state index in [9.17, 15) is 23.1 Å². The maximum absolute atomic E-state index is 12.3. The smallest absolute Gasteiger partial charge is 0.475 e. The van der Waals surface area contributed by atoms with Crippen LogP contribution >= 0.6 is 11.6 Å². The summed E-state index contributed by atoms with van der Waals surface area (Å²) in [5, 5.41) is 36.0. The Labute approximate surface area is 199 Å². The van der Waals surface area contributed by atoms with Crippen molar-refractivity contribution in [2.24, 2.45) is 0 Å². The van der Waals surface area contributed by atoms with Crippen molar-refractivity contribution in [3.63, 3.8) is 0 Å². The average molecular weight is 512 g/mol. The summed E-state index contributed by atoms with van der Waals surface area (Å²) in [6.45, 7) is 0.0344. The first-order valence-corrected chi connectivity index (χ1v) is 10.0. The number of aliphatic hydroxyl groups is 1. The van der Waals surface area contributed by atoms with E-state index in [2.05, 4.69) is 25.8 Å². The zero-order valence-corrected chi connectivity index (χ0v) is 18.2. The van der Waals surface area contributed by atoms with E-state index in [1.807, 2.05) is 6.07 Å². The number of carboxylic acid groups (broad SMARTS) is 1. The summed E-state index contributed by atoms with van der Waals surface area (Å²) in [6, 6.07) is 12.2. The molecule has 15 heteroatoms. The number of rotatable bonds is 5. The molecule has 184 valence electrons. The second-order valence-electron chi connectivity index (χ2n) is 6.97. The number of fused-ring (bicyclic) bond motifs is 1. The lowest BCUT2D eigenvalue weighted by molar-refractivity contribution is -0.192. The van der Waals surface area contributed by atoms with Crippen molar-refractivity contribution in [1.82, 2.24) is 30.5 Å². The molecule has 0 bridgehead atoms. The number of hydrogen-bond acceptors (Lipinski definition) is 7. The van der Waals surface area contributed by atoms with E-state index >= 15 is 0 Å². The molecule has 2 aromatic heterocycles. The first-order valence-electron chi connectivity index (χ1n) is 9.64. The van der Waals surface area contributed by atoms with Gasteiger partial charge in [0.05, 0.1) is 23.5 Å². The molecule has 35 heavy (non-hydrogen) atoms. The Morgan fingerprint density at radius 2 is 1.86 bits per heavy atom. The number of carboxylic acids is 1. The summed E-state index contributed by atoms with van der Waals surface area (Å²) < 4.78 is 33.2. The van der Waals surface area contributed by atoms with Gasteiger partial charge in [0.25, 0.3) is 5.91 Å². The highest BCUT2D eigenvalue weighted by atomic mass is 35.5. The summed E-state index contributed by atoms with van der Waals surface area (Å²) in [7, 11) is 0. The van der Waals surface area contributed by atoms with Gasteiger partial charge in [0.1, 0.15) is 0 Å². The number of aromatic amines is 1. The maximum Gasteiger partial charge on any atom is 0.490 e. The number of nitrogens with zero attached hydrogens (tertiary/aromatic N) is 4. The zero-order chi connectivity index (χ0) is 25.8. The number of aliphatic carboxylic acids is 1. The van der Waals surface area contributed by atoms with Crippen molar-refractivity contribution in [1.29, 1.82) is 0 Å². The third kappa shape index (κ3) is 6.45. The summed E-state index contributed by atoms with van der Waals surface area (Å²) >= 11 is 5.83. The van der Waals surface area contributed by atoms with Gasteiger partial charge in [-0.15, -0.1) is 5.10 Å². The van der Waals surface area contributed by atoms with Gasteiger partial charge in [-0.1, -0.05) is 28.9 Å². The van der Waals surface area contributed by atoms with Crippen LogP contribution in [0.15, 0.2) is 48.7 Å². The van der Waals surface area contributed by atoms with Crippen LogP contribution in [0, 0.1) is 0 Å². The first-order chi connectivity index (χ1) is 16.5. The number of carbonyl (C=O) groups excluding carboxylic acids is 1. The lowest BCUT2D eigenvalue weighted by Gasteiger charge is -2.11. The van der Waals surface area contributed by atoms with Crippen LogP contribution in [0.5, 0.6) is 0 Å². The van der Waals surface area contributed by atoms with Crippen LogP contribution in [0.4, 0.5) is 19.0 Å².